The Kier molecular flexibility index (Phi) is 4.27. The summed E-state index contributed by atoms with van der Waals surface area (Å²) in [6.07, 6.45) is 0.400. The van der Waals surface area contributed by atoms with Gasteiger partial charge in [-0.2, -0.15) is 0 Å². The Bertz CT molecular complexity index is 941. The molecule has 0 atom stereocenters. The smallest absolute Gasteiger partial charge is 0.254 e. The summed E-state index contributed by atoms with van der Waals surface area (Å²) in [5.41, 5.74) is 3.55. The van der Waals surface area contributed by atoms with Crippen LogP contribution in [-0.4, -0.2) is 42.8 Å². The molecule has 0 fully saturated rings. The van der Waals surface area contributed by atoms with Gasteiger partial charge in [-0.05, 0) is 29.8 Å². The monoisotopic (exact) mass is 364 g/mol. The predicted octanol–water partition coefficient (Wildman–Crippen LogP) is 2.06. The molecule has 0 bridgehead atoms. The predicted molar refractivity (Wildman–Crippen MR) is 103 cm³/mol. The fourth-order valence-electron chi connectivity index (χ4n) is 3.44. The quantitative estimate of drug-likeness (QED) is 0.812. The van der Waals surface area contributed by atoms with E-state index in [4.69, 9.17) is 0 Å². The van der Waals surface area contributed by atoms with Crippen molar-refractivity contribution in [3.05, 3.63) is 53.6 Å². The molecule has 138 valence electrons. The number of benzene rings is 2. The molecule has 0 spiro atoms. The lowest BCUT2D eigenvalue weighted by molar-refractivity contribution is -0.117. The molecule has 0 unspecified atom stereocenters. The number of nitrogens with zero attached hydrogens (tertiary/aromatic N) is 2. The standard InChI is InChI=1S/C20H20N4O3/c1-23-9-8-18(25)22-16-10-13(6-7-17(16)23)20(27)24-11-14-4-2-3-5-15(14)21-19(26)12-24/h2-7,10H,8-9,11-12H2,1H3,(H,21,26)(H,22,25). The third kappa shape index (κ3) is 3.36. The fourth-order valence-corrected chi connectivity index (χ4v) is 3.44. The van der Waals surface area contributed by atoms with Gasteiger partial charge in [0.25, 0.3) is 5.91 Å². The van der Waals surface area contributed by atoms with Gasteiger partial charge >= 0.3 is 0 Å². The van der Waals surface area contributed by atoms with Crippen molar-refractivity contribution in [3.63, 3.8) is 0 Å². The maximum atomic E-state index is 13.1. The van der Waals surface area contributed by atoms with E-state index in [1.165, 1.54) is 4.90 Å². The minimum absolute atomic E-state index is 0.0170. The molecule has 0 aliphatic carbocycles. The highest BCUT2D eigenvalue weighted by Gasteiger charge is 2.25. The molecule has 0 saturated carbocycles. The van der Waals surface area contributed by atoms with Gasteiger partial charge in [-0.15, -0.1) is 0 Å². The molecule has 2 aliphatic rings. The summed E-state index contributed by atoms with van der Waals surface area (Å²) < 4.78 is 0. The van der Waals surface area contributed by atoms with E-state index in [9.17, 15) is 14.4 Å². The van der Waals surface area contributed by atoms with Crippen molar-refractivity contribution >= 4 is 34.8 Å². The molecular formula is C20H20N4O3. The molecule has 2 aliphatic heterocycles. The second kappa shape index (κ2) is 6.75. The first kappa shape index (κ1) is 17.1. The van der Waals surface area contributed by atoms with Crippen LogP contribution in [0.25, 0.3) is 0 Å². The zero-order chi connectivity index (χ0) is 19.0. The number of hydrogen-bond donors (Lipinski definition) is 2. The average molecular weight is 364 g/mol. The van der Waals surface area contributed by atoms with Gasteiger partial charge in [0.15, 0.2) is 0 Å². The van der Waals surface area contributed by atoms with Crippen LogP contribution in [0.5, 0.6) is 0 Å². The summed E-state index contributed by atoms with van der Waals surface area (Å²) in [5.74, 6) is -0.546. The molecule has 7 heteroatoms. The summed E-state index contributed by atoms with van der Waals surface area (Å²) in [5, 5.41) is 5.69. The minimum Gasteiger partial charge on any atom is -0.372 e. The Morgan fingerprint density at radius 2 is 1.74 bits per heavy atom. The van der Waals surface area contributed by atoms with Gasteiger partial charge in [-0.1, -0.05) is 18.2 Å². The molecule has 2 heterocycles. The van der Waals surface area contributed by atoms with Gasteiger partial charge in [0, 0.05) is 37.8 Å². The topological polar surface area (TPSA) is 81.8 Å². The maximum absolute atomic E-state index is 13.1. The first-order valence-electron chi connectivity index (χ1n) is 8.83. The molecule has 27 heavy (non-hydrogen) atoms. The number of fused-ring (bicyclic) bond motifs is 2. The van der Waals surface area contributed by atoms with Crippen LogP contribution in [0.15, 0.2) is 42.5 Å². The Hall–Kier alpha value is -3.35. The summed E-state index contributed by atoms with van der Waals surface area (Å²) in [7, 11) is 1.91. The van der Waals surface area contributed by atoms with E-state index in [0.717, 1.165) is 16.9 Å². The first-order valence-corrected chi connectivity index (χ1v) is 8.83. The van der Waals surface area contributed by atoms with Crippen LogP contribution in [0.3, 0.4) is 0 Å². The van der Waals surface area contributed by atoms with Gasteiger partial charge in [0.05, 0.1) is 11.4 Å². The Balaban J connectivity index is 1.65. The highest BCUT2D eigenvalue weighted by atomic mass is 16.2. The van der Waals surface area contributed by atoms with Crippen molar-refractivity contribution in [2.24, 2.45) is 0 Å². The van der Waals surface area contributed by atoms with Crippen LogP contribution in [-0.2, 0) is 16.1 Å². The van der Waals surface area contributed by atoms with Crippen molar-refractivity contribution in [1.82, 2.24) is 4.90 Å². The lowest BCUT2D eigenvalue weighted by Crippen LogP contribution is -2.35. The summed E-state index contributed by atoms with van der Waals surface area (Å²) >= 11 is 0. The second-order valence-electron chi connectivity index (χ2n) is 6.82. The van der Waals surface area contributed by atoms with E-state index in [0.29, 0.717) is 30.8 Å². The SMILES string of the molecule is CN1CCC(=O)Nc2cc(C(=O)N3CC(=O)Nc4ccccc4C3)ccc21. The van der Waals surface area contributed by atoms with E-state index in [1.807, 2.05) is 42.3 Å². The molecule has 0 saturated heterocycles. The lowest BCUT2D eigenvalue weighted by Gasteiger charge is -2.22. The molecule has 0 radical (unpaired) electrons. The van der Waals surface area contributed by atoms with Gasteiger partial charge in [-0.3, -0.25) is 14.4 Å². The van der Waals surface area contributed by atoms with Gasteiger partial charge in [0.2, 0.25) is 11.8 Å². The van der Waals surface area contributed by atoms with E-state index in [2.05, 4.69) is 10.6 Å². The molecular weight excluding hydrogens is 344 g/mol. The largest absolute Gasteiger partial charge is 0.372 e. The molecule has 4 rings (SSSR count). The van der Waals surface area contributed by atoms with E-state index in [-0.39, 0.29) is 24.3 Å². The molecule has 2 N–H and O–H groups in total. The van der Waals surface area contributed by atoms with Crippen LogP contribution in [0.1, 0.15) is 22.3 Å². The number of amides is 3. The van der Waals surface area contributed by atoms with Crippen LogP contribution >= 0.6 is 0 Å². The summed E-state index contributed by atoms with van der Waals surface area (Å²) in [6.45, 7) is 0.948. The van der Waals surface area contributed by atoms with Crippen LogP contribution in [0.4, 0.5) is 17.1 Å². The van der Waals surface area contributed by atoms with Crippen molar-refractivity contribution in [2.45, 2.75) is 13.0 Å². The van der Waals surface area contributed by atoms with Gasteiger partial charge in [-0.25, -0.2) is 0 Å². The van der Waals surface area contributed by atoms with Crippen LogP contribution in [0.2, 0.25) is 0 Å². The Morgan fingerprint density at radius 1 is 0.963 bits per heavy atom. The van der Waals surface area contributed by atoms with Crippen molar-refractivity contribution in [1.29, 1.82) is 0 Å². The fraction of sp³-hybridized carbons (Fsp3) is 0.250. The van der Waals surface area contributed by atoms with Crippen molar-refractivity contribution in [2.75, 3.05) is 35.7 Å². The van der Waals surface area contributed by atoms with E-state index < -0.39 is 0 Å². The average Bonchev–Trinajstić information content (AvgIpc) is 2.91. The Morgan fingerprint density at radius 3 is 2.59 bits per heavy atom. The van der Waals surface area contributed by atoms with E-state index >= 15 is 0 Å². The van der Waals surface area contributed by atoms with Gasteiger partial charge in [0.1, 0.15) is 6.54 Å². The number of carbonyl (C=O) groups excluding carboxylic acids is 3. The van der Waals surface area contributed by atoms with Crippen molar-refractivity contribution < 1.29 is 14.4 Å². The number of para-hydroxylation sites is 1. The normalized spacial score (nSPS) is 16.5. The van der Waals surface area contributed by atoms with Crippen LogP contribution < -0.4 is 15.5 Å². The lowest BCUT2D eigenvalue weighted by atomic mass is 10.1. The summed E-state index contributed by atoms with van der Waals surface area (Å²) in [4.78, 5) is 40.7. The zero-order valence-electron chi connectivity index (χ0n) is 15.0. The highest BCUT2D eigenvalue weighted by molar-refractivity contribution is 6.03. The zero-order valence-corrected chi connectivity index (χ0v) is 15.0. The molecule has 2 aromatic carbocycles. The van der Waals surface area contributed by atoms with Crippen LogP contribution in [0, 0.1) is 0 Å². The number of rotatable bonds is 1. The third-order valence-electron chi connectivity index (χ3n) is 4.88. The van der Waals surface area contributed by atoms with Crippen molar-refractivity contribution in [3.8, 4) is 0 Å². The number of hydrogen-bond acceptors (Lipinski definition) is 4. The van der Waals surface area contributed by atoms with Gasteiger partial charge < -0.3 is 20.4 Å². The second-order valence-corrected chi connectivity index (χ2v) is 6.82. The number of nitrogens with one attached hydrogen (secondary N) is 2. The third-order valence-corrected chi connectivity index (χ3v) is 4.88. The maximum Gasteiger partial charge on any atom is 0.254 e. The number of anilines is 3. The molecule has 2 aromatic rings. The molecule has 7 nitrogen and oxygen atoms in total. The molecule has 3 amide bonds. The first-order chi connectivity index (χ1) is 13.0. The van der Waals surface area contributed by atoms with E-state index in [1.54, 1.807) is 12.1 Å². The summed E-state index contributed by atoms with van der Waals surface area (Å²) in [6, 6.07) is 12.7. The molecule has 0 aromatic heterocycles. The minimum atomic E-state index is -0.245. The highest BCUT2D eigenvalue weighted by Crippen LogP contribution is 2.30. The number of carbonyl (C=O) groups is 3. The Labute approximate surface area is 157 Å².